The molecule has 0 saturated carbocycles. The number of rotatable bonds is 3. The Bertz CT molecular complexity index is 944. The summed E-state index contributed by atoms with van der Waals surface area (Å²) in [5, 5.41) is 4.39. The van der Waals surface area contributed by atoms with Gasteiger partial charge < -0.3 is 9.73 Å². The fourth-order valence-corrected chi connectivity index (χ4v) is 3.16. The molecule has 0 radical (unpaired) electrons. The van der Waals surface area contributed by atoms with E-state index in [4.69, 9.17) is 4.42 Å². The van der Waals surface area contributed by atoms with Crippen LogP contribution in [0.5, 0.6) is 0 Å². The minimum absolute atomic E-state index is 0.310. The Morgan fingerprint density at radius 2 is 1.83 bits per heavy atom. The Hall–Kier alpha value is -2.07. The molecule has 3 aromatic rings. The molecule has 23 heavy (non-hydrogen) atoms. The maximum atomic E-state index is 11.9. The molecule has 0 spiro atoms. The van der Waals surface area contributed by atoms with E-state index in [0.29, 0.717) is 12.1 Å². The van der Waals surface area contributed by atoms with Crippen molar-refractivity contribution in [1.82, 2.24) is 0 Å². The lowest BCUT2D eigenvalue weighted by Crippen LogP contribution is -2.07. The first kappa shape index (κ1) is 15.8. The molecule has 0 atom stereocenters. The van der Waals surface area contributed by atoms with Gasteiger partial charge in [-0.05, 0) is 61.2 Å². The average molecular weight is 372 g/mol. The van der Waals surface area contributed by atoms with E-state index >= 15 is 0 Å². The van der Waals surface area contributed by atoms with Crippen molar-refractivity contribution in [2.75, 3.05) is 5.32 Å². The third-order valence-electron chi connectivity index (χ3n) is 4.18. The van der Waals surface area contributed by atoms with Crippen LogP contribution in [0.2, 0.25) is 0 Å². The number of halogens is 1. The molecule has 3 rings (SSSR count). The van der Waals surface area contributed by atoms with Crippen LogP contribution in [0.25, 0.3) is 11.0 Å². The van der Waals surface area contributed by atoms with Crippen molar-refractivity contribution in [3.8, 4) is 0 Å². The fourth-order valence-electron chi connectivity index (χ4n) is 2.69. The monoisotopic (exact) mass is 371 g/mol. The molecule has 0 aliphatic rings. The maximum Gasteiger partial charge on any atom is 0.336 e. The number of anilines is 1. The van der Waals surface area contributed by atoms with E-state index in [1.54, 1.807) is 6.07 Å². The summed E-state index contributed by atoms with van der Waals surface area (Å²) in [6.07, 6.45) is 0. The zero-order valence-corrected chi connectivity index (χ0v) is 15.0. The molecule has 0 aliphatic carbocycles. The fraction of sp³-hybridized carbons (Fsp3) is 0.211. The van der Waals surface area contributed by atoms with Crippen molar-refractivity contribution in [3.63, 3.8) is 0 Å². The summed E-state index contributed by atoms with van der Waals surface area (Å²) < 4.78 is 6.47. The predicted octanol–water partition coefficient (Wildman–Crippen LogP) is 5.09. The molecule has 3 nitrogen and oxygen atoms in total. The van der Waals surface area contributed by atoms with Crippen molar-refractivity contribution < 1.29 is 4.42 Å². The van der Waals surface area contributed by atoms with Crippen LogP contribution in [0.1, 0.15) is 22.3 Å². The normalized spacial score (nSPS) is 11.0. The van der Waals surface area contributed by atoms with Gasteiger partial charge in [-0.1, -0.05) is 28.1 Å². The molecular formula is C19H18BrNO2. The molecule has 4 heteroatoms. The van der Waals surface area contributed by atoms with Crippen LogP contribution in [0.4, 0.5) is 5.69 Å². The number of benzene rings is 2. The number of hydrogen-bond acceptors (Lipinski definition) is 3. The third-order valence-corrected chi connectivity index (χ3v) is 4.67. The number of hydrogen-bond donors (Lipinski definition) is 1. The second-order valence-electron chi connectivity index (χ2n) is 5.79. The highest BCUT2D eigenvalue weighted by Crippen LogP contribution is 2.25. The van der Waals surface area contributed by atoms with Crippen molar-refractivity contribution in [2.45, 2.75) is 27.3 Å². The van der Waals surface area contributed by atoms with Gasteiger partial charge in [-0.15, -0.1) is 0 Å². The highest BCUT2D eigenvalue weighted by molar-refractivity contribution is 9.10. The molecule has 0 fully saturated rings. The van der Waals surface area contributed by atoms with Crippen molar-refractivity contribution in [1.29, 1.82) is 0 Å². The molecular weight excluding hydrogens is 354 g/mol. The lowest BCUT2D eigenvalue weighted by atomic mass is 10.0. The highest BCUT2D eigenvalue weighted by Gasteiger charge is 2.10. The smallest absolute Gasteiger partial charge is 0.336 e. The second-order valence-corrected chi connectivity index (χ2v) is 6.70. The van der Waals surface area contributed by atoms with Gasteiger partial charge in [0.25, 0.3) is 0 Å². The predicted molar refractivity (Wildman–Crippen MR) is 98.2 cm³/mol. The third kappa shape index (κ3) is 3.17. The van der Waals surface area contributed by atoms with Gasteiger partial charge in [-0.3, -0.25) is 0 Å². The van der Waals surface area contributed by atoms with E-state index in [1.807, 2.05) is 32.0 Å². The molecule has 0 aliphatic heterocycles. The highest BCUT2D eigenvalue weighted by atomic mass is 79.9. The summed E-state index contributed by atoms with van der Waals surface area (Å²) >= 11 is 3.47. The Labute approximate surface area is 143 Å². The summed E-state index contributed by atoms with van der Waals surface area (Å²) in [7, 11) is 0. The maximum absolute atomic E-state index is 11.9. The van der Waals surface area contributed by atoms with Crippen LogP contribution in [-0.2, 0) is 6.54 Å². The standard InChI is InChI=1S/C19H18BrNO2/c1-11-4-6-16-14(9-18(22)23-19(16)13(11)3)10-21-17-7-5-15(20)8-12(17)2/h4-9,21H,10H2,1-3H3. The second kappa shape index (κ2) is 6.20. The first-order valence-electron chi connectivity index (χ1n) is 7.48. The van der Waals surface area contributed by atoms with Gasteiger partial charge in [0.15, 0.2) is 0 Å². The Morgan fingerprint density at radius 1 is 1.04 bits per heavy atom. The molecule has 0 bridgehead atoms. The molecule has 0 unspecified atom stereocenters. The van der Waals surface area contributed by atoms with Crippen LogP contribution in [0.3, 0.4) is 0 Å². The quantitative estimate of drug-likeness (QED) is 0.651. The van der Waals surface area contributed by atoms with Crippen LogP contribution >= 0.6 is 15.9 Å². The number of nitrogens with one attached hydrogen (secondary N) is 1. The van der Waals surface area contributed by atoms with Gasteiger partial charge in [0, 0.05) is 28.2 Å². The van der Waals surface area contributed by atoms with Crippen molar-refractivity contribution in [2.24, 2.45) is 0 Å². The van der Waals surface area contributed by atoms with E-state index in [2.05, 4.69) is 40.3 Å². The first-order chi connectivity index (χ1) is 11.0. The van der Waals surface area contributed by atoms with Crippen LogP contribution in [0, 0.1) is 20.8 Å². The SMILES string of the molecule is Cc1cc(Br)ccc1NCc1cc(=O)oc2c(C)c(C)ccc12. The molecule has 1 N–H and O–H groups in total. The first-order valence-corrected chi connectivity index (χ1v) is 8.28. The van der Waals surface area contributed by atoms with Gasteiger partial charge in [0.1, 0.15) is 5.58 Å². The molecule has 1 aromatic heterocycles. The van der Waals surface area contributed by atoms with E-state index in [1.165, 1.54) is 0 Å². The van der Waals surface area contributed by atoms with Crippen LogP contribution in [0.15, 0.2) is 50.1 Å². The van der Waals surface area contributed by atoms with Crippen molar-refractivity contribution in [3.05, 3.63) is 73.5 Å². The topological polar surface area (TPSA) is 42.2 Å². The minimum atomic E-state index is -0.310. The summed E-state index contributed by atoms with van der Waals surface area (Å²) in [5.74, 6) is 0. The minimum Gasteiger partial charge on any atom is -0.422 e. The van der Waals surface area contributed by atoms with E-state index in [-0.39, 0.29) is 5.63 Å². The van der Waals surface area contributed by atoms with E-state index in [0.717, 1.165) is 37.8 Å². The zero-order chi connectivity index (χ0) is 16.6. The van der Waals surface area contributed by atoms with Gasteiger partial charge in [0.05, 0.1) is 0 Å². The summed E-state index contributed by atoms with van der Waals surface area (Å²) in [6, 6.07) is 11.7. The summed E-state index contributed by atoms with van der Waals surface area (Å²) in [4.78, 5) is 11.9. The molecule has 0 amide bonds. The molecule has 118 valence electrons. The summed E-state index contributed by atoms with van der Waals surface area (Å²) in [6.45, 7) is 6.63. The van der Waals surface area contributed by atoms with Crippen LogP contribution < -0.4 is 10.9 Å². The number of fused-ring (bicyclic) bond motifs is 1. The van der Waals surface area contributed by atoms with Gasteiger partial charge in [-0.2, -0.15) is 0 Å². The van der Waals surface area contributed by atoms with Crippen molar-refractivity contribution >= 4 is 32.6 Å². The molecule has 2 aromatic carbocycles. The number of aryl methyl sites for hydroxylation is 3. The van der Waals surface area contributed by atoms with E-state index in [9.17, 15) is 4.79 Å². The summed E-state index contributed by atoms with van der Waals surface area (Å²) in [5.41, 5.74) is 5.66. The van der Waals surface area contributed by atoms with Gasteiger partial charge in [-0.25, -0.2) is 4.79 Å². The Balaban J connectivity index is 2.00. The lowest BCUT2D eigenvalue weighted by molar-refractivity contribution is 0.556. The molecule has 1 heterocycles. The Kier molecular flexibility index (Phi) is 4.26. The molecule has 0 saturated heterocycles. The zero-order valence-electron chi connectivity index (χ0n) is 13.4. The van der Waals surface area contributed by atoms with Crippen LogP contribution in [-0.4, -0.2) is 0 Å². The largest absolute Gasteiger partial charge is 0.422 e. The average Bonchev–Trinajstić information content (AvgIpc) is 2.50. The Morgan fingerprint density at radius 3 is 2.57 bits per heavy atom. The van der Waals surface area contributed by atoms with E-state index < -0.39 is 0 Å². The lowest BCUT2D eigenvalue weighted by Gasteiger charge is -2.12. The van der Waals surface area contributed by atoms with Gasteiger partial charge in [0.2, 0.25) is 0 Å². The van der Waals surface area contributed by atoms with Gasteiger partial charge >= 0.3 is 5.63 Å².